The first kappa shape index (κ1) is 18.8. The zero-order valence-electron chi connectivity index (χ0n) is 15.6. The van der Waals surface area contributed by atoms with Gasteiger partial charge in [0.2, 0.25) is 0 Å². The Bertz CT molecular complexity index is 780. The quantitative estimate of drug-likeness (QED) is 0.483. The Labute approximate surface area is 152 Å². The van der Waals surface area contributed by atoms with E-state index in [4.69, 9.17) is 0 Å². The van der Waals surface area contributed by atoms with Gasteiger partial charge in [0.1, 0.15) is 5.82 Å². The minimum atomic E-state index is 0.882. The third-order valence-corrected chi connectivity index (χ3v) is 4.25. The van der Waals surface area contributed by atoms with Crippen molar-refractivity contribution in [1.82, 2.24) is 4.98 Å². The van der Waals surface area contributed by atoms with Crippen LogP contribution < -0.4 is 5.32 Å². The summed E-state index contributed by atoms with van der Waals surface area (Å²) >= 11 is 0. The second-order valence-corrected chi connectivity index (χ2v) is 6.23. The van der Waals surface area contributed by atoms with Crippen LogP contribution in [0.15, 0.2) is 72.3 Å². The van der Waals surface area contributed by atoms with Gasteiger partial charge < -0.3 is 5.32 Å². The lowest BCUT2D eigenvalue weighted by Gasteiger charge is -2.09. The molecule has 1 N–H and O–H groups in total. The topological polar surface area (TPSA) is 24.9 Å². The van der Waals surface area contributed by atoms with Gasteiger partial charge in [-0.3, -0.25) is 0 Å². The molecule has 0 bridgehead atoms. The standard InChI is InChI=1S/C23H28N2/c1-5-19(6-2)15-18(4)25-23-17-22(13-14-24-23)12-11-21-10-8-9-20(7-3)16-21/h8-10,13-17H,1,6-7,11-12H2,2-4H3,(H,24,25). The lowest BCUT2D eigenvalue weighted by molar-refractivity contribution is 0.949. The van der Waals surface area contributed by atoms with E-state index < -0.39 is 0 Å². The number of allylic oxidation sites excluding steroid dienone is 3. The Morgan fingerprint density at radius 1 is 1.12 bits per heavy atom. The molecule has 0 spiro atoms. The number of rotatable bonds is 8. The summed E-state index contributed by atoms with van der Waals surface area (Å²) in [6.45, 7) is 10.1. The van der Waals surface area contributed by atoms with Crippen LogP contribution in [-0.4, -0.2) is 4.98 Å². The fourth-order valence-electron chi connectivity index (χ4n) is 2.77. The summed E-state index contributed by atoms with van der Waals surface area (Å²) in [6, 6.07) is 13.1. The van der Waals surface area contributed by atoms with Gasteiger partial charge in [0.05, 0.1) is 0 Å². The molecule has 0 unspecified atom stereocenters. The van der Waals surface area contributed by atoms with Crippen molar-refractivity contribution in [2.45, 2.75) is 46.5 Å². The molecule has 0 aliphatic rings. The van der Waals surface area contributed by atoms with E-state index in [1.807, 2.05) is 13.1 Å². The Morgan fingerprint density at radius 2 is 1.84 bits per heavy atom. The van der Waals surface area contributed by atoms with Crippen LogP contribution in [0.4, 0.5) is 5.82 Å². The summed E-state index contributed by atoms with van der Waals surface area (Å²) in [7, 11) is 0. The van der Waals surface area contributed by atoms with Gasteiger partial charge in [0.25, 0.3) is 0 Å². The lowest BCUT2D eigenvalue weighted by atomic mass is 10.0. The number of anilines is 1. The van der Waals surface area contributed by atoms with Crippen molar-refractivity contribution in [3.8, 4) is 0 Å². The average Bonchev–Trinajstić information content (AvgIpc) is 2.65. The van der Waals surface area contributed by atoms with Crippen molar-refractivity contribution in [2.75, 3.05) is 5.32 Å². The Balaban J connectivity index is 2.02. The highest BCUT2D eigenvalue weighted by atomic mass is 15.0. The summed E-state index contributed by atoms with van der Waals surface area (Å²) < 4.78 is 0. The van der Waals surface area contributed by atoms with E-state index in [1.54, 1.807) is 0 Å². The first-order valence-corrected chi connectivity index (χ1v) is 9.01. The number of nitrogens with zero attached hydrogens (tertiary/aromatic N) is 1. The molecule has 130 valence electrons. The van der Waals surface area contributed by atoms with Crippen molar-refractivity contribution >= 4 is 5.82 Å². The predicted molar refractivity (Wildman–Crippen MR) is 108 cm³/mol. The third-order valence-electron chi connectivity index (χ3n) is 4.25. The van der Waals surface area contributed by atoms with E-state index in [1.165, 1.54) is 16.7 Å². The molecule has 0 aliphatic heterocycles. The summed E-state index contributed by atoms with van der Waals surface area (Å²) in [5.74, 6) is 0.882. The van der Waals surface area contributed by atoms with E-state index in [-0.39, 0.29) is 0 Å². The molecule has 2 heteroatoms. The molecular formula is C23H28N2. The lowest BCUT2D eigenvalue weighted by Crippen LogP contribution is -2.00. The smallest absolute Gasteiger partial charge is 0.130 e. The first-order valence-electron chi connectivity index (χ1n) is 9.01. The van der Waals surface area contributed by atoms with Gasteiger partial charge >= 0.3 is 0 Å². The number of aryl methyl sites for hydroxylation is 3. The molecule has 0 fully saturated rings. The van der Waals surface area contributed by atoms with Gasteiger partial charge in [-0.05, 0) is 73.1 Å². The summed E-state index contributed by atoms with van der Waals surface area (Å²) in [4.78, 5) is 4.42. The van der Waals surface area contributed by atoms with Gasteiger partial charge in [0, 0.05) is 11.9 Å². The highest BCUT2D eigenvalue weighted by molar-refractivity contribution is 5.44. The molecule has 0 atom stereocenters. The highest BCUT2D eigenvalue weighted by Gasteiger charge is 2.01. The van der Waals surface area contributed by atoms with Gasteiger partial charge in [0.15, 0.2) is 0 Å². The van der Waals surface area contributed by atoms with Crippen molar-refractivity contribution < 1.29 is 0 Å². The molecule has 25 heavy (non-hydrogen) atoms. The maximum absolute atomic E-state index is 4.42. The Hall–Kier alpha value is -2.57. The molecule has 1 aromatic heterocycles. The van der Waals surface area contributed by atoms with Crippen LogP contribution in [0.5, 0.6) is 0 Å². The maximum atomic E-state index is 4.42. The summed E-state index contributed by atoms with van der Waals surface area (Å²) in [5.41, 5.74) is 9.19. The Morgan fingerprint density at radius 3 is 2.52 bits per heavy atom. The second kappa shape index (κ2) is 9.66. The highest BCUT2D eigenvalue weighted by Crippen LogP contribution is 2.14. The van der Waals surface area contributed by atoms with Gasteiger partial charge in [-0.2, -0.15) is 0 Å². The van der Waals surface area contributed by atoms with E-state index in [0.717, 1.165) is 42.8 Å². The van der Waals surface area contributed by atoms with Crippen molar-refractivity contribution in [3.63, 3.8) is 0 Å². The van der Waals surface area contributed by atoms with Gasteiger partial charge in [-0.25, -0.2) is 4.98 Å². The largest absolute Gasteiger partial charge is 0.344 e. The van der Waals surface area contributed by atoms with Crippen LogP contribution >= 0.6 is 0 Å². The number of hydrogen-bond acceptors (Lipinski definition) is 2. The monoisotopic (exact) mass is 332 g/mol. The summed E-state index contributed by atoms with van der Waals surface area (Å²) in [6.07, 6.45) is 8.01. The zero-order chi connectivity index (χ0) is 18.1. The SMILES string of the molecule is C=C=C(C=C(C)Nc1cc(CCc2cccc(CC)c2)ccn1)CC. The van der Waals surface area contributed by atoms with Gasteiger partial charge in [-0.15, -0.1) is 5.73 Å². The molecule has 2 nitrogen and oxygen atoms in total. The van der Waals surface area contributed by atoms with Gasteiger partial charge in [-0.1, -0.05) is 44.7 Å². The maximum Gasteiger partial charge on any atom is 0.130 e. The number of nitrogens with one attached hydrogen (secondary N) is 1. The fourth-order valence-corrected chi connectivity index (χ4v) is 2.77. The summed E-state index contributed by atoms with van der Waals surface area (Å²) in [5, 5.41) is 3.36. The number of pyridine rings is 1. The minimum absolute atomic E-state index is 0.882. The molecule has 2 aromatic rings. The molecular weight excluding hydrogens is 304 g/mol. The molecule has 1 aromatic carbocycles. The molecule has 2 rings (SSSR count). The van der Waals surface area contributed by atoms with Crippen LogP contribution in [0.25, 0.3) is 0 Å². The number of aromatic nitrogens is 1. The van der Waals surface area contributed by atoms with E-state index in [0.29, 0.717) is 0 Å². The molecule has 1 heterocycles. The first-order chi connectivity index (χ1) is 12.1. The number of benzene rings is 1. The average molecular weight is 332 g/mol. The molecule has 0 aliphatic carbocycles. The van der Waals surface area contributed by atoms with Crippen molar-refractivity contribution in [3.05, 3.63) is 88.9 Å². The van der Waals surface area contributed by atoms with E-state index >= 15 is 0 Å². The van der Waals surface area contributed by atoms with E-state index in [2.05, 4.69) is 78.9 Å². The second-order valence-electron chi connectivity index (χ2n) is 6.23. The van der Waals surface area contributed by atoms with Crippen LogP contribution in [0.1, 0.15) is 43.9 Å². The van der Waals surface area contributed by atoms with Crippen LogP contribution in [0.3, 0.4) is 0 Å². The molecule has 0 amide bonds. The molecule has 0 radical (unpaired) electrons. The zero-order valence-corrected chi connectivity index (χ0v) is 15.6. The van der Waals surface area contributed by atoms with E-state index in [9.17, 15) is 0 Å². The minimum Gasteiger partial charge on any atom is -0.344 e. The molecule has 0 saturated carbocycles. The number of hydrogen-bond donors (Lipinski definition) is 1. The predicted octanol–water partition coefficient (Wildman–Crippen LogP) is 5.87. The Kier molecular flexibility index (Phi) is 7.25. The normalized spacial score (nSPS) is 11.1. The van der Waals surface area contributed by atoms with Crippen molar-refractivity contribution in [2.24, 2.45) is 0 Å². The van der Waals surface area contributed by atoms with Crippen molar-refractivity contribution in [1.29, 1.82) is 0 Å². The fraction of sp³-hybridized carbons (Fsp3) is 0.304. The van der Waals surface area contributed by atoms with Crippen LogP contribution in [-0.2, 0) is 19.3 Å². The molecule has 0 saturated heterocycles. The van der Waals surface area contributed by atoms with Crippen LogP contribution in [0.2, 0.25) is 0 Å². The third kappa shape index (κ3) is 6.10. The van der Waals surface area contributed by atoms with Crippen LogP contribution in [0, 0.1) is 0 Å².